The minimum absolute atomic E-state index is 0.147. The summed E-state index contributed by atoms with van der Waals surface area (Å²) >= 11 is 15.0. The lowest BCUT2D eigenvalue weighted by Gasteiger charge is -2.07. The summed E-state index contributed by atoms with van der Waals surface area (Å²) in [5.74, 6) is -0.396. The van der Waals surface area contributed by atoms with Crippen molar-refractivity contribution in [2.45, 2.75) is 13.1 Å². The Labute approximate surface area is 129 Å². The molecule has 2 aromatic carbocycles. The Bertz CT molecular complexity index is 538. The molecule has 0 saturated heterocycles. The van der Waals surface area contributed by atoms with E-state index in [1.54, 1.807) is 12.1 Å². The quantitative estimate of drug-likeness (QED) is 0.789. The highest BCUT2D eigenvalue weighted by molar-refractivity contribution is 9.10. The molecule has 0 unspecified atom stereocenters. The van der Waals surface area contributed by atoms with Gasteiger partial charge in [0.15, 0.2) is 0 Å². The topological polar surface area (TPSA) is 12.0 Å². The molecule has 0 aromatic heterocycles. The molecule has 1 nitrogen and oxygen atoms in total. The SMILES string of the molecule is Fc1ccc(CNCc2ccc(Cl)c(Br)c2)cc1Cl. The molecule has 0 aliphatic carbocycles. The van der Waals surface area contributed by atoms with Crippen LogP contribution in [0.2, 0.25) is 10.0 Å². The molecule has 100 valence electrons. The number of rotatable bonds is 4. The Morgan fingerprint density at radius 3 is 2.21 bits per heavy atom. The summed E-state index contributed by atoms with van der Waals surface area (Å²) in [6, 6.07) is 10.5. The van der Waals surface area contributed by atoms with Gasteiger partial charge in [0.2, 0.25) is 0 Å². The van der Waals surface area contributed by atoms with Gasteiger partial charge in [-0.05, 0) is 51.3 Å². The van der Waals surface area contributed by atoms with Gasteiger partial charge in [0.25, 0.3) is 0 Å². The van der Waals surface area contributed by atoms with E-state index in [1.165, 1.54) is 6.07 Å². The first-order valence-corrected chi connectivity index (χ1v) is 7.20. The van der Waals surface area contributed by atoms with Crippen LogP contribution in [0.5, 0.6) is 0 Å². The van der Waals surface area contributed by atoms with Crippen LogP contribution in [0.15, 0.2) is 40.9 Å². The summed E-state index contributed by atoms with van der Waals surface area (Å²) in [7, 11) is 0. The standard InChI is InChI=1S/C14H11BrCl2FN/c15-11-5-9(1-3-12(11)16)7-19-8-10-2-4-14(18)13(17)6-10/h1-6,19H,7-8H2. The van der Waals surface area contributed by atoms with Crippen molar-refractivity contribution in [1.29, 1.82) is 0 Å². The fourth-order valence-electron chi connectivity index (χ4n) is 1.65. The summed E-state index contributed by atoms with van der Waals surface area (Å²) in [6.07, 6.45) is 0. The molecule has 0 bridgehead atoms. The second kappa shape index (κ2) is 6.71. The lowest BCUT2D eigenvalue weighted by Crippen LogP contribution is -2.12. The van der Waals surface area contributed by atoms with Crippen LogP contribution >= 0.6 is 39.1 Å². The van der Waals surface area contributed by atoms with Crippen LogP contribution < -0.4 is 5.32 Å². The van der Waals surface area contributed by atoms with Gasteiger partial charge in [-0.3, -0.25) is 0 Å². The third-order valence-electron chi connectivity index (χ3n) is 2.63. The van der Waals surface area contributed by atoms with Gasteiger partial charge >= 0.3 is 0 Å². The summed E-state index contributed by atoms with van der Waals surface area (Å²) in [5.41, 5.74) is 2.06. The number of nitrogens with one attached hydrogen (secondary N) is 1. The summed E-state index contributed by atoms with van der Waals surface area (Å²) in [5, 5.41) is 4.10. The number of benzene rings is 2. The molecule has 2 aromatic rings. The third-order valence-corrected chi connectivity index (χ3v) is 4.13. The normalized spacial score (nSPS) is 10.7. The van der Waals surface area contributed by atoms with E-state index in [-0.39, 0.29) is 5.02 Å². The zero-order chi connectivity index (χ0) is 13.8. The lowest BCUT2D eigenvalue weighted by atomic mass is 10.2. The molecule has 0 saturated carbocycles. The van der Waals surface area contributed by atoms with E-state index in [0.717, 1.165) is 15.6 Å². The molecule has 0 heterocycles. The molecule has 0 spiro atoms. The highest BCUT2D eigenvalue weighted by Gasteiger charge is 2.02. The van der Waals surface area contributed by atoms with Crippen molar-refractivity contribution in [3.63, 3.8) is 0 Å². The van der Waals surface area contributed by atoms with Crippen LogP contribution in [0.25, 0.3) is 0 Å². The fourth-order valence-corrected chi connectivity index (χ4v) is 2.40. The first-order chi connectivity index (χ1) is 9.06. The van der Waals surface area contributed by atoms with Gasteiger partial charge in [0, 0.05) is 17.6 Å². The minimum atomic E-state index is -0.396. The van der Waals surface area contributed by atoms with E-state index in [2.05, 4.69) is 21.2 Å². The van der Waals surface area contributed by atoms with Crippen LogP contribution in [0.3, 0.4) is 0 Å². The predicted molar refractivity (Wildman–Crippen MR) is 81.1 cm³/mol. The Morgan fingerprint density at radius 1 is 0.947 bits per heavy atom. The molecule has 19 heavy (non-hydrogen) atoms. The van der Waals surface area contributed by atoms with Gasteiger partial charge in [0.05, 0.1) is 10.0 Å². The van der Waals surface area contributed by atoms with Gasteiger partial charge in [0.1, 0.15) is 5.82 Å². The van der Waals surface area contributed by atoms with Crippen LogP contribution in [0.1, 0.15) is 11.1 Å². The molecule has 1 N–H and O–H groups in total. The number of halogens is 4. The van der Waals surface area contributed by atoms with E-state index >= 15 is 0 Å². The van der Waals surface area contributed by atoms with Crippen LogP contribution in [-0.2, 0) is 13.1 Å². The average molecular weight is 363 g/mol. The van der Waals surface area contributed by atoms with Crippen LogP contribution in [0, 0.1) is 5.82 Å². The van der Waals surface area contributed by atoms with E-state index in [0.29, 0.717) is 18.1 Å². The van der Waals surface area contributed by atoms with E-state index < -0.39 is 5.82 Å². The van der Waals surface area contributed by atoms with E-state index in [9.17, 15) is 4.39 Å². The van der Waals surface area contributed by atoms with Gasteiger partial charge < -0.3 is 5.32 Å². The Morgan fingerprint density at radius 2 is 1.58 bits per heavy atom. The average Bonchev–Trinajstić information content (AvgIpc) is 2.38. The Balaban J connectivity index is 1.92. The molecule has 2 rings (SSSR count). The molecule has 0 radical (unpaired) electrons. The highest BCUT2D eigenvalue weighted by Crippen LogP contribution is 2.23. The van der Waals surface area contributed by atoms with Crippen LogP contribution in [0.4, 0.5) is 4.39 Å². The lowest BCUT2D eigenvalue weighted by molar-refractivity contribution is 0.625. The van der Waals surface area contributed by atoms with Crippen molar-refractivity contribution in [1.82, 2.24) is 5.32 Å². The monoisotopic (exact) mass is 361 g/mol. The third kappa shape index (κ3) is 4.18. The maximum Gasteiger partial charge on any atom is 0.141 e. The first kappa shape index (κ1) is 14.8. The van der Waals surface area contributed by atoms with Crippen molar-refractivity contribution in [2.24, 2.45) is 0 Å². The van der Waals surface area contributed by atoms with Gasteiger partial charge in [-0.1, -0.05) is 35.3 Å². The molecule has 0 aliphatic rings. The molecule has 0 atom stereocenters. The maximum absolute atomic E-state index is 13.0. The fraction of sp³-hybridized carbons (Fsp3) is 0.143. The molecular formula is C14H11BrCl2FN. The van der Waals surface area contributed by atoms with Gasteiger partial charge in [-0.25, -0.2) is 4.39 Å². The smallest absolute Gasteiger partial charge is 0.141 e. The van der Waals surface area contributed by atoms with Gasteiger partial charge in [-0.2, -0.15) is 0 Å². The first-order valence-electron chi connectivity index (χ1n) is 5.65. The van der Waals surface area contributed by atoms with Gasteiger partial charge in [-0.15, -0.1) is 0 Å². The largest absolute Gasteiger partial charge is 0.309 e. The summed E-state index contributed by atoms with van der Waals surface area (Å²) in [6.45, 7) is 1.32. The molecule has 0 aliphatic heterocycles. The molecule has 0 fully saturated rings. The summed E-state index contributed by atoms with van der Waals surface area (Å²) in [4.78, 5) is 0. The summed E-state index contributed by atoms with van der Waals surface area (Å²) < 4.78 is 13.9. The second-order valence-corrected chi connectivity index (χ2v) is 5.77. The van der Waals surface area contributed by atoms with Crippen molar-refractivity contribution >= 4 is 39.1 Å². The maximum atomic E-state index is 13.0. The minimum Gasteiger partial charge on any atom is -0.309 e. The number of hydrogen-bond acceptors (Lipinski definition) is 1. The zero-order valence-electron chi connectivity index (χ0n) is 9.89. The van der Waals surface area contributed by atoms with E-state index in [4.69, 9.17) is 23.2 Å². The van der Waals surface area contributed by atoms with Crippen molar-refractivity contribution in [3.05, 3.63) is 67.9 Å². The second-order valence-electron chi connectivity index (χ2n) is 4.10. The van der Waals surface area contributed by atoms with E-state index in [1.807, 2.05) is 18.2 Å². The van der Waals surface area contributed by atoms with Crippen molar-refractivity contribution in [2.75, 3.05) is 0 Å². The Kier molecular flexibility index (Phi) is 5.22. The number of hydrogen-bond donors (Lipinski definition) is 1. The Hall–Kier alpha value is -0.610. The van der Waals surface area contributed by atoms with Crippen molar-refractivity contribution < 1.29 is 4.39 Å². The van der Waals surface area contributed by atoms with Crippen LogP contribution in [-0.4, -0.2) is 0 Å². The predicted octanol–water partition coefficient (Wildman–Crippen LogP) is 5.18. The molecular weight excluding hydrogens is 352 g/mol. The molecule has 0 amide bonds. The van der Waals surface area contributed by atoms with Crippen molar-refractivity contribution in [3.8, 4) is 0 Å². The zero-order valence-corrected chi connectivity index (χ0v) is 13.0. The highest BCUT2D eigenvalue weighted by atomic mass is 79.9. The molecule has 5 heteroatoms.